The monoisotopic (exact) mass is 304 g/mol. The average Bonchev–Trinajstić information content (AvgIpc) is 2.94. The molecule has 0 saturated heterocycles. The molecule has 0 fully saturated rings. The third-order valence-electron chi connectivity index (χ3n) is 3.25. The van der Waals surface area contributed by atoms with E-state index in [1.54, 1.807) is 6.33 Å². The maximum Gasteiger partial charge on any atom is 0.138 e. The van der Waals surface area contributed by atoms with Crippen molar-refractivity contribution in [1.29, 1.82) is 0 Å². The molecule has 1 atom stereocenters. The van der Waals surface area contributed by atoms with E-state index in [2.05, 4.69) is 59.6 Å². The minimum atomic E-state index is 0.417. The molecule has 0 bridgehead atoms. The molecule has 1 heterocycles. The van der Waals surface area contributed by atoms with Gasteiger partial charge in [0.25, 0.3) is 0 Å². The molecule has 114 valence electrons. The largest absolute Gasteiger partial charge is 0.313 e. The summed E-state index contributed by atoms with van der Waals surface area (Å²) in [6, 6.07) is 11.0. The van der Waals surface area contributed by atoms with Crippen LogP contribution in [0.5, 0.6) is 0 Å². The third-order valence-corrected chi connectivity index (χ3v) is 4.42. The molecular weight excluding hydrogens is 280 g/mol. The number of hydrogen-bond acceptors (Lipinski definition) is 4. The van der Waals surface area contributed by atoms with E-state index >= 15 is 0 Å². The summed E-state index contributed by atoms with van der Waals surface area (Å²) in [5.41, 5.74) is 0. The molecule has 1 aromatic carbocycles. The summed E-state index contributed by atoms with van der Waals surface area (Å²) in [7, 11) is 0. The first-order chi connectivity index (χ1) is 10.3. The van der Waals surface area contributed by atoms with E-state index in [9.17, 15) is 0 Å². The number of aryl methyl sites for hydroxylation is 1. The van der Waals surface area contributed by atoms with Crippen molar-refractivity contribution in [3.8, 4) is 0 Å². The van der Waals surface area contributed by atoms with Gasteiger partial charge in [-0.1, -0.05) is 32.0 Å². The van der Waals surface area contributed by atoms with Gasteiger partial charge in [-0.3, -0.25) is 4.68 Å². The van der Waals surface area contributed by atoms with Crippen LogP contribution >= 0.6 is 11.8 Å². The summed E-state index contributed by atoms with van der Waals surface area (Å²) < 4.78 is 2.03. The van der Waals surface area contributed by atoms with Crippen LogP contribution in [0.1, 0.15) is 26.1 Å². The van der Waals surface area contributed by atoms with E-state index in [0.29, 0.717) is 6.04 Å². The Bertz CT molecular complexity index is 512. The summed E-state index contributed by atoms with van der Waals surface area (Å²) in [4.78, 5) is 5.73. The first kappa shape index (κ1) is 16.0. The second-order valence-corrected chi connectivity index (χ2v) is 6.08. The van der Waals surface area contributed by atoms with Crippen LogP contribution < -0.4 is 5.32 Å². The normalized spacial score (nSPS) is 12.5. The molecule has 1 aromatic heterocycles. The van der Waals surface area contributed by atoms with Gasteiger partial charge in [-0.2, -0.15) is 5.10 Å². The standard InChI is InChI=1S/C16H24N4S/c1-3-10-20-16(18-13-19-20)11-14(17-4-2)12-21-15-8-6-5-7-9-15/h5-9,13-14,17H,3-4,10-12H2,1-2H3. The lowest BCUT2D eigenvalue weighted by Gasteiger charge is -2.17. The molecule has 4 nitrogen and oxygen atoms in total. The molecule has 0 aliphatic rings. The summed E-state index contributed by atoms with van der Waals surface area (Å²) in [5.74, 6) is 2.12. The molecule has 0 aliphatic heterocycles. The second kappa shape index (κ2) is 8.85. The number of nitrogens with zero attached hydrogens (tertiary/aromatic N) is 3. The third kappa shape index (κ3) is 5.17. The zero-order chi connectivity index (χ0) is 14.9. The predicted octanol–water partition coefficient (Wildman–Crippen LogP) is 3.00. The molecule has 1 N–H and O–H groups in total. The molecular formula is C16H24N4S. The Hall–Kier alpha value is -1.33. The average molecular weight is 304 g/mol. The van der Waals surface area contributed by atoms with Crippen LogP contribution in [0.25, 0.3) is 0 Å². The van der Waals surface area contributed by atoms with Crippen molar-refractivity contribution in [3.05, 3.63) is 42.5 Å². The fraction of sp³-hybridized carbons (Fsp3) is 0.500. The fourth-order valence-electron chi connectivity index (χ4n) is 2.26. The Morgan fingerprint density at radius 1 is 1.24 bits per heavy atom. The Labute approximate surface area is 131 Å². The molecule has 0 spiro atoms. The maximum absolute atomic E-state index is 4.41. The van der Waals surface area contributed by atoms with E-state index in [1.807, 2.05) is 16.4 Å². The maximum atomic E-state index is 4.41. The number of hydrogen-bond donors (Lipinski definition) is 1. The predicted molar refractivity (Wildman–Crippen MR) is 88.6 cm³/mol. The number of thioether (sulfide) groups is 1. The Morgan fingerprint density at radius 3 is 2.76 bits per heavy atom. The first-order valence-corrected chi connectivity index (χ1v) is 8.60. The SMILES string of the molecule is CCCn1ncnc1CC(CSc1ccccc1)NCC. The highest BCUT2D eigenvalue weighted by molar-refractivity contribution is 7.99. The van der Waals surface area contributed by atoms with Crippen molar-refractivity contribution in [2.45, 2.75) is 44.2 Å². The zero-order valence-electron chi connectivity index (χ0n) is 12.8. The zero-order valence-corrected chi connectivity index (χ0v) is 13.6. The molecule has 0 amide bonds. The van der Waals surface area contributed by atoms with Crippen LogP contribution in [0, 0.1) is 0 Å². The fourth-order valence-corrected chi connectivity index (χ4v) is 3.24. The number of nitrogens with one attached hydrogen (secondary N) is 1. The van der Waals surface area contributed by atoms with Crippen LogP contribution in [0.2, 0.25) is 0 Å². The van der Waals surface area contributed by atoms with Gasteiger partial charge < -0.3 is 5.32 Å². The number of aromatic nitrogens is 3. The van der Waals surface area contributed by atoms with Gasteiger partial charge in [0, 0.05) is 29.7 Å². The van der Waals surface area contributed by atoms with Crippen molar-refractivity contribution in [3.63, 3.8) is 0 Å². The van der Waals surface area contributed by atoms with Gasteiger partial charge in [0.2, 0.25) is 0 Å². The van der Waals surface area contributed by atoms with Crippen molar-refractivity contribution >= 4 is 11.8 Å². The van der Waals surface area contributed by atoms with E-state index in [0.717, 1.165) is 37.5 Å². The lowest BCUT2D eigenvalue weighted by atomic mass is 10.2. The van der Waals surface area contributed by atoms with Crippen molar-refractivity contribution in [1.82, 2.24) is 20.1 Å². The molecule has 21 heavy (non-hydrogen) atoms. The Morgan fingerprint density at radius 2 is 2.05 bits per heavy atom. The number of benzene rings is 1. The summed E-state index contributed by atoms with van der Waals surface area (Å²) >= 11 is 1.89. The highest BCUT2D eigenvalue weighted by Crippen LogP contribution is 2.19. The van der Waals surface area contributed by atoms with Crippen LogP contribution in [-0.2, 0) is 13.0 Å². The number of likely N-dealkylation sites (N-methyl/N-ethyl adjacent to an activating group) is 1. The van der Waals surface area contributed by atoms with E-state index < -0.39 is 0 Å². The van der Waals surface area contributed by atoms with Crippen molar-refractivity contribution < 1.29 is 0 Å². The topological polar surface area (TPSA) is 42.7 Å². The second-order valence-electron chi connectivity index (χ2n) is 4.98. The molecule has 1 unspecified atom stereocenters. The van der Waals surface area contributed by atoms with Crippen molar-refractivity contribution in [2.24, 2.45) is 0 Å². The summed E-state index contributed by atoms with van der Waals surface area (Å²) in [6.07, 6.45) is 3.67. The molecule has 2 aromatic rings. The summed E-state index contributed by atoms with van der Waals surface area (Å²) in [5, 5.41) is 7.87. The summed E-state index contributed by atoms with van der Waals surface area (Å²) in [6.45, 7) is 6.23. The first-order valence-electron chi connectivity index (χ1n) is 7.61. The lowest BCUT2D eigenvalue weighted by Crippen LogP contribution is -2.34. The smallest absolute Gasteiger partial charge is 0.138 e. The molecule has 0 saturated carbocycles. The van der Waals surface area contributed by atoms with E-state index in [-0.39, 0.29) is 0 Å². The minimum Gasteiger partial charge on any atom is -0.313 e. The van der Waals surface area contributed by atoms with Crippen LogP contribution in [-0.4, -0.2) is 33.1 Å². The van der Waals surface area contributed by atoms with Crippen molar-refractivity contribution in [2.75, 3.05) is 12.3 Å². The van der Waals surface area contributed by atoms with Crippen LogP contribution in [0.15, 0.2) is 41.6 Å². The van der Waals surface area contributed by atoms with Gasteiger partial charge in [-0.25, -0.2) is 4.98 Å². The van der Waals surface area contributed by atoms with Gasteiger partial charge in [0.15, 0.2) is 0 Å². The van der Waals surface area contributed by atoms with Gasteiger partial charge in [0.05, 0.1) is 0 Å². The lowest BCUT2D eigenvalue weighted by molar-refractivity contribution is 0.513. The quantitative estimate of drug-likeness (QED) is 0.723. The van der Waals surface area contributed by atoms with E-state index in [1.165, 1.54) is 4.90 Å². The van der Waals surface area contributed by atoms with Gasteiger partial charge in [-0.05, 0) is 25.1 Å². The Kier molecular flexibility index (Phi) is 6.76. The molecule has 0 aliphatic carbocycles. The Balaban J connectivity index is 1.93. The van der Waals surface area contributed by atoms with Gasteiger partial charge in [0.1, 0.15) is 12.2 Å². The molecule has 2 rings (SSSR count). The molecule has 0 radical (unpaired) electrons. The van der Waals surface area contributed by atoms with E-state index in [4.69, 9.17) is 0 Å². The van der Waals surface area contributed by atoms with Gasteiger partial charge in [-0.15, -0.1) is 11.8 Å². The highest BCUT2D eigenvalue weighted by Gasteiger charge is 2.13. The van der Waals surface area contributed by atoms with Crippen LogP contribution in [0.4, 0.5) is 0 Å². The minimum absolute atomic E-state index is 0.417. The molecule has 5 heteroatoms. The van der Waals surface area contributed by atoms with Crippen LogP contribution in [0.3, 0.4) is 0 Å². The van der Waals surface area contributed by atoms with Gasteiger partial charge >= 0.3 is 0 Å². The number of rotatable bonds is 9. The highest BCUT2D eigenvalue weighted by atomic mass is 32.2.